The topological polar surface area (TPSA) is 62.5 Å². The average Bonchev–Trinajstić information content (AvgIpc) is 3.04. The molecule has 2 saturated heterocycles. The number of carbonyl (C=O) groups is 1. The Morgan fingerprint density at radius 3 is 2.62 bits per heavy atom. The second kappa shape index (κ2) is 5.40. The van der Waals surface area contributed by atoms with Gasteiger partial charge in [0.15, 0.2) is 0 Å². The maximum atomic E-state index is 12.0. The van der Waals surface area contributed by atoms with Crippen molar-refractivity contribution >= 4 is 5.91 Å². The zero-order valence-corrected chi connectivity index (χ0v) is 13.1. The van der Waals surface area contributed by atoms with Gasteiger partial charge in [0.2, 0.25) is 17.7 Å². The van der Waals surface area contributed by atoms with Crippen LogP contribution in [0.2, 0.25) is 0 Å². The molecule has 1 aromatic rings. The highest BCUT2D eigenvalue weighted by Crippen LogP contribution is 2.48. The molecule has 2 aliphatic heterocycles. The molecule has 6 nitrogen and oxygen atoms in total. The Morgan fingerprint density at radius 1 is 1.38 bits per heavy atom. The van der Waals surface area contributed by atoms with E-state index >= 15 is 0 Å². The maximum absolute atomic E-state index is 12.0. The number of aromatic nitrogens is 2. The summed E-state index contributed by atoms with van der Waals surface area (Å²) in [6.45, 7) is 9.81. The van der Waals surface area contributed by atoms with E-state index in [0.717, 1.165) is 45.4 Å². The van der Waals surface area contributed by atoms with Crippen LogP contribution < -0.4 is 0 Å². The summed E-state index contributed by atoms with van der Waals surface area (Å²) < 4.78 is 5.60. The first-order valence-corrected chi connectivity index (χ1v) is 7.82. The molecule has 1 amide bonds. The predicted molar refractivity (Wildman–Crippen MR) is 77.6 cm³/mol. The van der Waals surface area contributed by atoms with E-state index in [1.54, 1.807) is 13.8 Å². The Labute approximate surface area is 125 Å². The molecule has 0 aromatic carbocycles. The van der Waals surface area contributed by atoms with Crippen molar-refractivity contribution in [1.82, 2.24) is 20.0 Å². The van der Waals surface area contributed by atoms with Crippen LogP contribution in [-0.2, 0) is 4.79 Å². The second-order valence-electron chi connectivity index (χ2n) is 6.46. The zero-order chi connectivity index (χ0) is 15.0. The van der Waals surface area contributed by atoms with Crippen molar-refractivity contribution < 1.29 is 9.21 Å². The van der Waals surface area contributed by atoms with Gasteiger partial charge in [-0.1, -0.05) is 6.92 Å². The normalized spacial score (nSPS) is 25.7. The lowest BCUT2D eigenvalue weighted by Crippen LogP contribution is -2.41. The van der Waals surface area contributed by atoms with Crippen LogP contribution in [0.3, 0.4) is 0 Å². The minimum absolute atomic E-state index is 0.0446. The number of hydrogen-bond acceptors (Lipinski definition) is 5. The van der Waals surface area contributed by atoms with Gasteiger partial charge in [-0.3, -0.25) is 4.79 Å². The van der Waals surface area contributed by atoms with Gasteiger partial charge >= 0.3 is 0 Å². The summed E-state index contributed by atoms with van der Waals surface area (Å²) in [4.78, 5) is 16.4. The molecular formula is C15H24N4O2. The Kier molecular flexibility index (Phi) is 3.73. The van der Waals surface area contributed by atoms with Gasteiger partial charge in [0, 0.05) is 20.4 Å². The largest absolute Gasteiger partial charge is 0.423 e. The van der Waals surface area contributed by atoms with Gasteiger partial charge in [-0.05, 0) is 44.3 Å². The van der Waals surface area contributed by atoms with E-state index in [0.29, 0.717) is 11.8 Å². The molecule has 0 saturated carbocycles. The van der Waals surface area contributed by atoms with Gasteiger partial charge in [-0.25, -0.2) is 0 Å². The Bertz CT molecular complexity index is 519. The fourth-order valence-corrected chi connectivity index (χ4v) is 3.76. The number of aryl methyl sites for hydroxylation is 1. The summed E-state index contributed by atoms with van der Waals surface area (Å²) in [7, 11) is 0. The van der Waals surface area contributed by atoms with Gasteiger partial charge in [0.05, 0.1) is 0 Å². The lowest BCUT2D eigenvalue weighted by molar-refractivity contribution is -0.130. The molecule has 1 atom stereocenters. The van der Waals surface area contributed by atoms with E-state index in [1.807, 2.05) is 4.90 Å². The molecule has 21 heavy (non-hydrogen) atoms. The number of hydrogen-bond donors (Lipinski definition) is 0. The van der Waals surface area contributed by atoms with Crippen molar-refractivity contribution in [2.45, 2.75) is 46.1 Å². The molecule has 2 fully saturated rings. The number of nitrogens with zero attached hydrogens (tertiary/aromatic N) is 4. The van der Waals surface area contributed by atoms with Crippen LogP contribution in [0, 0.1) is 12.3 Å². The van der Waals surface area contributed by atoms with Gasteiger partial charge in [-0.2, -0.15) is 0 Å². The van der Waals surface area contributed by atoms with Crippen LogP contribution in [0.25, 0.3) is 0 Å². The van der Waals surface area contributed by atoms with Crippen LogP contribution in [0.5, 0.6) is 0 Å². The standard InChI is InChI=1S/C15H24N4O2/c1-4-18-7-5-15(6-8-18)9-13(19(10-15)12(3)20)14-17-16-11(2)21-14/h13H,4-10H2,1-3H3. The molecule has 0 radical (unpaired) electrons. The molecule has 2 aliphatic rings. The minimum Gasteiger partial charge on any atom is -0.423 e. The highest BCUT2D eigenvalue weighted by atomic mass is 16.4. The van der Waals surface area contributed by atoms with Gasteiger partial charge < -0.3 is 14.2 Å². The maximum Gasteiger partial charge on any atom is 0.238 e. The van der Waals surface area contributed by atoms with Crippen molar-refractivity contribution in [3.8, 4) is 0 Å². The lowest BCUT2D eigenvalue weighted by atomic mass is 9.76. The predicted octanol–water partition coefficient (Wildman–Crippen LogP) is 1.77. The van der Waals surface area contributed by atoms with Crippen molar-refractivity contribution in [3.63, 3.8) is 0 Å². The van der Waals surface area contributed by atoms with Crippen LogP contribution in [0.1, 0.15) is 50.9 Å². The molecule has 0 aliphatic carbocycles. The summed E-state index contributed by atoms with van der Waals surface area (Å²) in [5.41, 5.74) is 0.227. The minimum atomic E-state index is -0.0446. The van der Waals surface area contributed by atoms with Gasteiger partial charge in [-0.15, -0.1) is 10.2 Å². The number of likely N-dealkylation sites (tertiary alicyclic amines) is 2. The highest BCUT2D eigenvalue weighted by Gasteiger charge is 2.48. The van der Waals surface area contributed by atoms with E-state index in [2.05, 4.69) is 22.0 Å². The summed E-state index contributed by atoms with van der Waals surface area (Å²) in [5.74, 6) is 1.26. The molecule has 6 heteroatoms. The highest BCUT2D eigenvalue weighted by molar-refractivity contribution is 5.74. The third-order valence-electron chi connectivity index (χ3n) is 5.10. The van der Waals surface area contributed by atoms with E-state index in [4.69, 9.17) is 4.42 Å². The SMILES string of the molecule is CCN1CCC2(CC1)CC(c1nnc(C)o1)N(C(C)=O)C2. The van der Waals surface area contributed by atoms with Crippen molar-refractivity contribution in [1.29, 1.82) is 0 Å². The molecule has 1 spiro atoms. The Morgan fingerprint density at radius 2 is 2.10 bits per heavy atom. The van der Waals surface area contributed by atoms with E-state index < -0.39 is 0 Å². The molecule has 1 aromatic heterocycles. The Hall–Kier alpha value is -1.43. The summed E-state index contributed by atoms with van der Waals surface area (Å²) in [6, 6.07) is -0.0446. The van der Waals surface area contributed by atoms with Crippen LogP contribution >= 0.6 is 0 Å². The summed E-state index contributed by atoms with van der Waals surface area (Å²) in [6.07, 6.45) is 3.24. The smallest absolute Gasteiger partial charge is 0.238 e. The fourth-order valence-electron chi connectivity index (χ4n) is 3.76. The second-order valence-corrected chi connectivity index (χ2v) is 6.46. The van der Waals surface area contributed by atoms with Gasteiger partial charge in [0.25, 0.3) is 0 Å². The fraction of sp³-hybridized carbons (Fsp3) is 0.800. The van der Waals surface area contributed by atoms with E-state index in [1.165, 1.54) is 0 Å². The number of rotatable bonds is 2. The van der Waals surface area contributed by atoms with E-state index in [-0.39, 0.29) is 17.4 Å². The molecule has 0 N–H and O–H groups in total. The molecule has 3 rings (SSSR count). The molecule has 3 heterocycles. The first-order chi connectivity index (χ1) is 10.0. The third-order valence-corrected chi connectivity index (χ3v) is 5.10. The summed E-state index contributed by atoms with van der Waals surface area (Å²) >= 11 is 0. The molecule has 116 valence electrons. The average molecular weight is 292 g/mol. The van der Waals surface area contributed by atoms with Crippen LogP contribution in [-0.4, -0.2) is 52.1 Å². The number of piperidine rings is 1. The first-order valence-electron chi connectivity index (χ1n) is 7.82. The lowest BCUT2D eigenvalue weighted by Gasteiger charge is -2.38. The van der Waals surface area contributed by atoms with Crippen molar-refractivity contribution in [2.24, 2.45) is 5.41 Å². The first kappa shape index (κ1) is 14.5. The summed E-state index contributed by atoms with van der Waals surface area (Å²) in [5, 5.41) is 8.07. The number of amides is 1. The zero-order valence-electron chi connectivity index (χ0n) is 13.1. The van der Waals surface area contributed by atoms with Crippen LogP contribution in [0.15, 0.2) is 4.42 Å². The van der Waals surface area contributed by atoms with Gasteiger partial charge in [0.1, 0.15) is 6.04 Å². The number of carbonyl (C=O) groups excluding carboxylic acids is 1. The molecule has 1 unspecified atom stereocenters. The Balaban J connectivity index is 1.80. The van der Waals surface area contributed by atoms with E-state index in [9.17, 15) is 4.79 Å². The molecular weight excluding hydrogens is 268 g/mol. The third kappa shape index (κ3) is 2.69. The molecule has 0 bridgehead atoms. The van der Waals surface area contributed by atoms with Crippen molar-refractivity contribution in [3.05, 3.63) is 11.8 Å². The monoisotopic (exact) mass is 292 g/mol. The van der Waals surface area contributed by atoms with Crippen molar-refractivity contribution in [2.75, 3.05) is 26.2 Å². The van der Waals surface area contributed by atoms with Crippen LogP contribution in [0.4, 0.5) is 0 Å². The quantitative estimate of drug-likeness (QED) is 0.831.